The van der Waals surface area contributed by atoms with E-state index in [9.17, 15) is 30.3 Å². The number of aliphatic hydroxyl groups excluding tert-OH is 6. The third-order valence-corrected chi connectivity index (χ3v) is 10.2. The zero-order valence-corrected chi connectivity index (χ0v) is 30.1. The zero-order valence-electron chi connectivity index (χ0n) is 28.5. The number of aryl methyl sites for hydroxylation is 1. The standard InChI is InChI=1S/C38H48Cl2N2O9/c39-30-20-25(23-50-38(13-14-38)29-21-41-15-12-27(29)28-8-1-2-9-33(28)51-26-10-11-26)31(40)19-24(30)7-3-4-16-42(17-5-6-18-43)37(49)36(48)35(47)34(46)32(45)22-44/h1-2,8-9,12,15,19-21,26,32,34-36,43-48H,3-7,10-11,13-14,16-18,22-23H2. The maximum atomic E-state index is 13.0. The molecule has 2 aliphatic rings. The van der Waals surface area contributed by atoms with Gasteiger partial charge < -0.3 is 45.0 Å². The monoisotopic (exact) mass is 746 g/mol. The molecule has 1 heterocycles. The predicted molar refractivity (Wildman–Crippen MR) is 192 cm³/mol. The van der Waals surface area contributed by atoms with Crippen molar-refractivity contribution in [1.82, 2.24) is 9.88 Å². The molecule has 0 aliphatic heterocycles. The number of halogens is 2. The summed E-state index contributed by atoms with van der Waals surface area (Å²) in [5.74, 6) is 0.0403. The van der Waals surface area contributed by atoms with E-state index in [1.54, 1.807) is 6.20 Å². The summed E-state index contributed by atoms with van der Waals surface area (Å²) in [7, 11) is 0. The van der Waals surface area contributed by atoms with E-state index in [4.69, 9.17) is 37.8 Å². The lowest BCUT2D eigenvalue weighted by atomic mass is 9.96. The SMILES string of the molecule is O=C(C(O)C(O)C(O)C(O)CO)N(CCCCO)CCCCc1cc(Cl)c(COC2(c3cnccc3-c3ccccc3OC3CC3)CC2)cc1Cl. The van der Waals surface area contributed by atoms with Gasteiger partial charge in [-0.3, -0.25) is 9.78 Å². The second-order valence-corrected chi connectivity index (χ2v) is 14.3. The van der Waals surface area contributed by atoms with E-state index in [1.807, 2.05) is 42.6 Å². The van der Waals surface area contributed by atoms with E-state index in [0.717, 1.165) is 59.3 Å². The van der Waals surface area contributed by atoms with Gasteiger partial charge in [-0.1, -0.05) is 41.4 Å². The van der Waals surface area contributed by atoms with Crippen molar-refractivity contribution in [3.8, 4) is 16.9 Å². The van der Waals surface area contributed by atoms with Crippen LogP contribution in [0, 0.1) is 0 Å². The van der Waals surface area contributed by atoms with Crippen LogP contribution >= 0.6 is 23.2 Å². The van der Waals surface area contributed by atoms with E-state index in [2.05, 4.69) is 11.1 Å². The van der Waals surface area contributed by atoms with Crippen molar-refractivity contribution in [2.45, 2.75) is 101 Å². The number of aromatic nitrogens is 1. The van der Waals surface area contributed by atoms with E-state index in [-0.39, 0.29) is 32.4 Å². The number of rotatable bonds is 21. The van der Waals surface area contributed by atoms with Crippen LogP contribution in [0.3, 0.4) is 0 Å². The first-order valence-corrected chi connectivity index (χ1v) is 18.4. The Hall–Kier alpha value is -2.84. The van der Waals surface area contributed by atoms with Gasteiger partial charge in [-0.2, -0.15) is 0 Å². The van der Waals surface area contributed by atoms with Crippen LogP contribution in [-0.2, 0) is 28.2 Å². The van der Waals surface area contributed by atoms with Crippen molar-refractivity contribution in [2.24, 2.45) is 0 Å². The number of ether oxygens (including phenoxy) is 2. The highest BCUT2D eigenvalue weighted by Crippen LogP contribution is 2.53. The number of hydrogen-bond donors (Lipinski definition) is 6. The van der Waals surface area contributed by atoms with Crippen LogP contribution in [0.1, 0.15) is 68.1 Å². The van der Waals surface area contributed by atoms with E-state index in [1.165, 1.54) is 4.90 Å². The van der Waals surface area contributed by atoms with Crippen LogP contribution in [0.15, 0.2) is 54.9 Å². The van der Waals surface area contributed by atoms with E-state index >= 15 is 0 Å². The summed E-state index contributed by atoms with van der Waals surface area (Å²) in [5, 5.41) is 59.5. The number of amides is 1. The van der Waals surface area contributed by atoms with Gasteiger partial charge in [0.15, 0.2) is 6.10 Å². The maximum absolute atomic E-state index is 13.0. The number of hydrogen-bond acceptors (Lipinski definition) is 10. The van der Waals surface area contributed by atoms with Gasteiger partial charge in [-0.05, 0) is 98.7 Å². The summed E-state index contributed by atoms with van der Waals surface area (Å²) in [4.78, 5) is 18.8. The van der Waals surface area contributed by atoms with Gasteiger partial charge in [0.2, 0.25) is 0 Å². The minimum Gasteiger partial charge on any atom is -0.490 e. The number of para-hydroxylation sites is 1. The Morgan fingerprint density at radius 2 is 1.59 bits per heavy atom. The molecule has 6 N–H and O–H groups in total. The number of benzene rings is 2. The van der Waals surface area contributed by atoms with E-state index in [0.29, 0.717) is 42.1 Å². The summed E-state index contributed by atoms with van der Waals surface area (Å²) in [6.45, 7) is -0.203. The van der Waals surface area contributed by atoms with Crippen molar-refractivity contribution in [3.63, 3.8) is 0 Å². The topological polar surface area (TPSA) is 173 Å². The van der Waals surface area contributed by atoms with Gasteiger partial charge in [0.05, 0.1) is 24.9 Å². The van der Waals surface area contributed by atoms with Crippen LogP contribution in [0.4, 0.5) is 0 Å². The summed E-state index contributed by atoms with van der Waals surface area (Å²) < 4.78 is 12.8. The smallest absolute Gasteiger partial charge is 0.254 e. The van der Waals surface area contributed by atoms with Crippen LogP contribution in [-0.4, -0.2) is 103 Å². The Bertz CT molecular complexity index is 1600. The molecule has 5 rings (SSSR count). The normalized spacial score (nSPS) is 17.4. The molecule has 3 aromatic rings. The summed E-state index contributed by atoms with van der Waals surface area (Å²) >= 11 is 13.5. The highest BCUT2D eigenvalue weighted by Gasteiger charge is 2.48. The van der Waals surface area contributed by atoms with Crippen molar-refractivity contribution in [2.75, 3.05) is 26.3 Å². The molecule has 2 fully saturated rings. The molecule has 2 saturated carbocycles. The average molecular weight is 748 g/mol. The van der Waals surface area contributed by atoms with Crippen LogP contribution in [0.25, 0.3) is 11.1 Å². The molecule has 1 aromatic heterocycles. The summed E-state index contributed by atoms with van der Waals surface area (Å²) in [5.41, 5.74) is 4.18. The minimum absolute atomic E-state index is 0.0648. The van der Waals surface area contributed by atoms with Crippen molar-refractivity contribution in [3.05, 3.63) is 81.6 Å². The van der Waals surface area contributed by atoms with Gasteiger partial charge in [0.1, 0.15) is 24.1 Å². The second-order valence-electron chi connectivity index (χ2n) is 13.4. The third-order valence-electron chi connectivity index (χ3n) is 9.51. The lowest BCUT2D eigenvalue weighted by molar-refractivity contribution is -0.158. The van der Waals surface area contributed by atoms with Crippen molar-refractivity contribution < 1.29 is 44.9 Å². The fourth-order valence-corrected chi connectivity index (χ4v) is 6.64. The number of carbonyl (C=O) groups excluding carboxylic acids is 1. The molecule has 278 valence electrons. The lowest BCUT2D eigenvalue weighted by Crippen LogP contribution is -2.53. The Balaban J connectivity index is 1.18. The quantitative estimate of drug-likeness (QED) is 0.0870. The molecule has 11 nitrogen and oxygen atoms in total. The Labute approximate surface area is 308 Å². The Kier molecular flexibility index (Phi) is 14.1. The first kappa shape index (κ1) is 39.4. The zero-order chi connectivity index (χ0) is 36.5. The van der Waals surface area contributed by atoms with Gasteiger partial charge in [-0.15, -0.1) is 0 Å². The molecule has 4 unspecified atom stereocenters. The van der Waals surface area contributed by atoms with Crippen molar-refractivity contribution in [1.29, 1.82) is 0 Å². The van der Waals surface area contributed by atoms with E-state index < -0.39 is 42.5 Å². The molecule has 1 amide bonds. The molecule has 51 heavy (non-hydrogen) atoms. The van der Waals surface area contributed by atoms with Gasteiger partial charge in [0.25, 0.3) is 5.91 Å². The largest absolute Gasteiger partial charge is 0.490 e. The number of carbonyl (C=O) groups is 1. The minimum atomic E-state index is -2.00. The van der Waals surface area contributed by atoms with Crippen LogP contribution in [0.5, 0.6) is 5.75 Å². The first-order valence-electron chi connectivity index (χ1n) is 17.6. The number of nitrogens with zero attached hydrogens (tertiary/aromatic N) is 2. The second kappa shape index (κ2) is 18.3. The number of unbranched alkanes of at least 4 members (excludes halogenated alkanes) is 2. The molecule has 4 atom stereocenters. The van der Waals surface area contributed by atoms with Crippen molar-refractivity contribution >= 4 is 29.1 Å². The number of aliphatic hydroxyl groups is 6. The highest BCUT2D eigenvalue weighted by molar-refractivity contribution is 6.34. The van der Waals surface area contributed by atoms with Crippen LogP contribution in [0.2, 0.25) is 10.0 Å². The molecule has 0 saturated heterocycles. The lowest BCUT2D eigenvalue weighted by Gasteiger charge is -2.30. The maximum Gasteiger partial charge on any atom is 0.254 e. The van der Waals surface area contributed by atoms with Gasteiger partial charge in [0, 0.05) is 53.3 Å². The summed E-state index contributed by atoms with van der Waals surface area (Å²) in [6.07, 6.45) is 2.77. The Morgan fingerprint density at radius 3 is 2.27 bits per heavy atom. The summed E-state index contributed by atoms with van der Waals surface area (Å²) in [6, 6.07) is 13.7. The average Bonchev–Trinajstić information content (AvgIpc) is 4.09. The van der Waals surface area contributed by atoms with Crippen LogP contribution < -0.4 is 4.74 Å². The predicted octanol–water partition coefficient (Wildman–Crippen LogP) is 4.16. The molecular weight excluding hydrogens is 699 g/mol. The fourth-order valence-electron chi connectivity index (χ4n) is 6.12. The number of pyridine rings is 1. The highest BCUT2D eigenvalue weighted by atomic mass is 35.5. The third kappa shape index (κ3) is 10.2. The Morgan fingerprint density at radius 1 is 0.902 bits per heavy atom. The molecule has 0 bridgehead atoms. The van der Waals surface area contributed by atoms with Gasteiger partial charge in [-0.25, -0.2) is 0 Å². The molecular formula is C38H48Cl2N2O9. The molecule has 2 aliphatic carbocycles. The molecule has 13 heteroatoms. The molecule has 2 aromatic carbocycles. The fraction of sp³-hybridized carbons (Fsp3) is 0.526. The molecule has 0 radical (unpaired) electrons. The first-order chi connectivity index (χ1) is 24.6. The van der Waals surface area contributed by atoms with Gasteiger partial charge >= 0.3 is 0 Å². The molecule has 0 spiro atoms.